The molecule has 1 aliphatic heterocycles. The summed E-state index contributed by atoms with van der Waals surface area (Å²) in [5, 5.41) is 10.3. The van der Waals surface area contributed by atoms with Gasteiger partial charge in [-0.2, -0.15) is 13.2 Å². The predicted octanol–water partition coefficient (Wildman–Crippen LogP) is 1.13. The third kappa shape index (κ3) is 7.50. The first-order valence-electron chi connectivity index (χ1n) is 6.77. The van der Waals surface area contributed by atoms with Crippen LogP contribution in [0.2, 0.25) is 0 Å². The number of carboxylic acids is 1. The minimum absolute atomic E-state index is 0.0605. The number of carbonyl (C=O) groups excluding carboxylic acids is 1. The summed E-state index contributed by atoms with van der Waals surface area (Å²) in [5.74, 6) is -1.95. The molecule has 1 saturated heterocycles. The average molecular weight is 334 g/mol. The van der Waals surface area contributed by atoms with Crippen LogP contribution in [-0.4, -0.2) is 60.8 Å². The molecule has 1 aromatic rings. The molecule has 0 unspecified atom stereocenters. The Labute approximate surface area is 130 Å². The molecule has 0 aromatic heterocycles. The van der Waals surface area contributed by atoms with E-state index in [2.05, 4.69) is 5.32 Å². The van der Waals surface area contributed by atoms with Crippen molar-refractivity contribution in [1.29, 1.82) is 0 Å². The van der Waals surface area contributed by atoms with E-state index >= 15 is 0 Å². The SMILES string of the molecule is O=C(COc1ccccc1)N1CCNCC1.O=C(O)C(F)(F)F. The Morgan fingerprint density at radius 3 is 2.17 bits per heavy atom. The standard InChI is InChI=1S/C12H16N2O2.C2HF3O2/c15-12(14-8-6-13-7-9-14)10-16-11-4-2-1-3-5-11;3-2(4,5)1(6)7/h1-5,13H,6-10H2;(H,6,7). The number of amides is 1. The van der Waals surface area contributed by atoms with Crippen LogP contribution in [0.5, 0.6) is 5.75 Å². The van der Waals surface area contributed by atoms with E-state index in [-0.39, 0.29) is 12.5 Å². The molecule has 0 atom stereocenters. The first-order valence-corrected chi connectivity index (χ1v) is 6.77. The van der Waals surface area contributed by atoms with Crippen molar-refractivity contribution >= 4 is 11.9 Å². The molecular weight excluding hydrogens is 317 g/mol. The fraction of sp³-hybridized carbons (Fsp3) is 0.429. The summed E-state index contributed by atoms with van der Waals surface area (Å²) in [6.07, 6.45) is -5.08. The van der Waals surface area contributed by atoms with Crippen molar-refractivity contribution < 1.29 is 32.6 Å². The number of benzene rings is 1. The molecule has 2 N–H and O–H groups in total. The van der Waals surface area contributed by atoms with E-state index in [9.17, 15) is 18.0 Å². The van der Waals surface area contributed by atoms with E-state index in [4.69, 9.17) is 14.6 Å². The highest BCUT2D eigenvalue weighted by Gasteiger charge is 2.38. The number of nitrogens with one attached hydrogen (secondary N) is 1. The number of rotatable bonds is 3. The van der Waals surface area contributed by atoms with Gasteiger partial charge in [-0.3, -0.25) is 4.79 Å². The highest BCUT2D eigenvalue weighted by atomic mass is 19.4. The number of alkyl halides is 3. The Morgan fingerprint density at radius 1 is 1.17 bits per heavy atom. The summed E-state index contributed by atoms with van der Waals surface area (Å²) in [7, 11) is 0. The van der Waals surface area contributed by atoms with Gasteiger partial charge in [-0.05, 0) is 12.1 Å². The maximum Gasteiger partial charge on any atom is 0.490 e. The molecule has 1 aliphatic rings. The predicted molar refractivity (Wildman–Crippen MR) is 75.1 cm³/mol. The van der Waals surface area contributed by atoms with Crippen molar-refractivity contribution in [2.45, 2.75) is 6.18 Å². The first kappa shape index (κ1) is 18.8. The van der Waals surface area contributed by atoms with Crippen molar-refractivity contribution in [1.82, 2.24) is 10.2 Å². The van der Waals surface area contributed by atoms with E-state index in [0.717, 1.165) is 31.9 Å². The summed E-state index contributed by atoms with van der Waals surface area (Å²) in [6.45, 7) is 3.42. The van der Waals surface area contributed by atoms with E-state index < -0.39 is 12.1 Å². The van der Waals surface area contributed by atoms with Crippen LogP contribution in [0.1, 0.15) is 0 Å². The molecule has 1 heterocycles. The highest BCUT2D eigenvalue weighted by Crippen LogP contribution is 2.13. The molecule has 0 saturated carbocycles. The van der Waals surface area contributed by atoms with Crippen molar-refractivity contribution in [3.05, 3.63) is 30.3 Å². The van der Waals surface area contributed by atoms with Gasteiger partial charge in [-0.25, -0.2) is 4.79 Å². The minimum Gasteiger partial charge on any atom is -0.484 e. The van der Waals surface area contributed by atoms with Gasteiger partial charge in [0, 0.05) is 26.2 Å². The molecular formula is C14H17F3N2O4. The van der Waals surface area contributed by atoms with Crippen molar-refractivity contribution in [2.75, 3.05) is 32.8 Å². The molecule has 0 aliphatic carbocycles. The molecule has 128 valence electrons. The minimum atomic E-state index is -5.08. The molecule has 0 spiro atoms. The molecule has 2 rings (SSSR count). The van der Waals surface area contributed by atoms with Crippen LogP contribution < -0.4 is 10.1 Å². The van der Waals surface area contributed by atoms with E-state index in [1.54, 1.807) is 0 Å². The Balaban J connectivity index is 0.000000322. The molecule has 0 radical (unpaired) electrons. The van der Waals surface area contributed by atoms with Gasteiger partial charge in [0.15, 0.2) is 6.61 Å². The third-order valence-electron chi connectivity index (χ3n) is 2.82. The van der Waals surface area contributed by atoms with Crippen LogP contribution in [0, 0.1) is 0 Å². The topological polar surface area (TPSA) is 78.9 Å². The number of aliphatic carboxylic acids is 1. The second-order valence-electron chi connectivity index (χ2n) is 4.54. The average Bonchev–Trinajstić information content (AvgIpc) is 2.54. The lowest BCUT2D eigenvalue weighted by Gasteiger charge is -2.27. The molecule has 9 heteroatoms. The van der Waals surface area contributed by atoms with Gasteiger partial charge in [-0.1, -0.05) is 18.2 Å². The number of nitrogens with zero attached hydrogens (tertiary/aromatic N) is 1. The van der Waals surface area contributed by atoms with Gasteiger partial charge in [-0.15, -0.1) is 0 Å². The zero-order valence-corrected chi connectivity index (χ0v) is 12.2. The lowest BCUT2D eigenvalue weighted by molar-refractivity contribution is -0.192. The van der Waals surface area contributed by atoms with Crippen molar-refractivity contribution in [3.8, 4) is 5.75 Å². The van der Waals surface area contributed by atoms with Gasteiger partial charge >= 0.3 is 12.1 Å². The van der Waals surface area contributed by atoms with Gasteiger partial charge in [0.05, 0.1) is 0 Å². The smallest absolute Gasteiger partial charge is 0.484 e. The van der Waals surface area contributed by atoms with Gasteiger partial charge in [0.1, 0.15) is 5.75 Å². The Kier molecular flexibility index (Phi) is 7.33. The van der Waals surface area contributed by atoms with Crippen LogP contribution in [0.4, 0.5) is 13.2 Å². The monoisotopic (exact) mass is 334 g/mol. The molecule has 6 nitrogen and oxygen atoms in total. The van der Waals surface area contributed by atoms with Crippen LogP contribution in [0.25, 0.3) is 0 Å². The van der Waals surface area contributed by atoms with Crippen LogP contribution in [0.3, 0.4) is 0 Å². The van der Waals surface area contributed by atoms with E-state index in [1.807, 2.05) is 35.2 Å². The molecule has 0 bridgehead atoms. The summed E-state index contributed by atoms with van der Waals surface area (Å²) >= 11 is 0. The van der Waals surface area contributed by atoms with Gasteiger partial charge in [0.25, 0.3) is 5.91 Å². The summed E-state index contributed by atoms with van der Waals surface area (Å²) in [4.78, 5) is 22.5. The van der Waals surface area contributed by atoms with Crippen LogP contribution in [-0.2, 0) is 9.59 Å². The second kappa shape index (κ2) is 8.99. The van der Waals surface area contributed by atoms with Crippen molar-refractivity contribution in [2.24, 2.45) is 0 Å². The van der Waals surface area contributed by atoms with Crippen LogP contribution >= 0.6 is 0 Å². The number of hydrogen-bond acceptors (Lipinski definition) is 4. The summed E-state index contributed by atoms with van der Waals surface area (Å²) < 4.78 is 37.1. The number of para-hydroxylation sites is 1. The van der Waals surface area contributed by atoms with Crippen molar-refractivity contribution in [3.63, 3.8) is 0 Å². The molecule has 1 fully saturated rings. The Morgan fingerprint density at radius 2 is 1.70 bits per heavy atom. The second-order valence-corrected chi connectivity index (χ2v) is 4.54. The number of halogens is 3. The lowest BCUT2D eigenvalue weighted by atomic mass is 10.3. The normalized spacial score (nSPS) is 14.5. The zero-order chi connectivity index (χ0) is 17.3. The third-order valence-corrected chi connectivity index (χ3v) is 2.82. The quantitative estimate of drug-likeness (QED) is 0.866. The fourth-order valence-electron chi connectivity index (χ4n) is 1.67. The largest absolute Gasteiger partial charge is 0.490 e. The number of ether oxygens (including phenoxy) is 1. The summed E-state index contributed by atoms with van der Waals surface area (Å²) in [5.41, 5.74) is 0. The molecule has 23 heavy (non-hydrogen) atoms. The summed E-state index contributed by atoms with van der Waals surface area (Å²) in [6, 6.07) is 9.41. The lowest BCUT2D eigenvalue weighted by Crippen LogP contribution is -2.47. The first-order chi connectivity index (χ1) is 10.8. The maximum atomic E-state index is 11.7. The number of carbonyl (C=O) groups is 2. The van der Waals surface area contributed by atoms with Gasteiger partial charge < -0.3 is 20.1 Å². The fourth-order valence-corrected chi connectivity index (χ4v) is 1.67. The number of piperazine rings is 1. The highest BCUT2D eigenvalue weighted by molar-refractivity contribution is 5.77. The van der Waals surface area contributed by atoms with E-state index in [0.29, 0.717) is 0 Å². The molecule has 1 aromatic carbocycles. The maximum absolute atomic E-state index is 11.7. The Bertz CT molecular complexity index is 502. The van der Waals surface area contributed by atoms with Crippen LogP contribution in [0.15, 0.2) is 30.3 Å². The van der Waals surface area contributed by atoms with E-state index in [1.165, 1.54) is 0 Å². The van der Waals surface area contributed by atoms with Gasteiger partial charge in [0.2, 0.25) is 0 Å². The molecule has 1 amide bonds. The number of carboxylic acid groups (broad SMARTS) is 1. The number of hydrogen-bond donors (Lipinski definition) is 2. The Hall–Kier alpha value is -2.29. The zero-order valence-electron chi connectivity index (χ0n) is 12.2.